The molecule has 2 amide bonds. The SMILES string of the molecule is CC(C)OCCCNC(=O)[C@H](Cc1ccccc1)NC(=O)[C@H]1N[C@@H]1C(=O)[O-].[Na+]. The number of nitrogens with one attached hydrogen (secondary N) is 3. The van der Waals surface area contributed by atoms with E-state index in [0.717, 1.165) is 5.56 Å². The summed E-state index contributed by atoms with van der Waals surface area (Å²) in [4.78, 5) is 35.5. The second-order valence-electron chi connectivity index (χ2n) is 6.76. The van der Waals surface area contributed by atoms with Crippen molar-refractivity contribution in [2.75, 3.05) is 13.2 Å². The topological polar surface area (TPSA) is 130 Å². The average molecular weight is 399 g/mol. The van der Waals surface area contributed by atoms with Crippen molar-refractivity contribution in [2.24, 2.45) is 0 Å². The standard InChI is InChI=1S/C19H27N3O5.Na/c1-12(2)27-10-6-9-20-17(23)14(11-13-7-4-3-5-8-13)21-18(24)15-16(22-15)19(25)26;/h3-5,7-8,12,14-16,22H,6,9-11H2,1-2H3,(H,20,23)(H,21,24)(H,25,26);/q;+1/p-1/t14-,15-,16-;/m0./s1. The Labute approximate surface area is 187 Å². The van der Waals surface area contributed by atoms with E-state index in [-0.39, 0.29) is 41.6 Å². The zero-order valence-electron chi connectivity index (χ0n) is 16.6. The molecule has 0 bridgehead atoms. The Morgan fingerprint density at radius 2 is 1.86 bits per heavy atom. The predicted octanol–water partition coefficient (Wildman–Crippen LogP) is -4.26. The molecule has 2 rings (SSSR count). The summed E-state index contributed by atoms with van der Waals surface area (Å²) < 4.78 is 5.43. The van der Waals surface area contributed by atoms with Crippen LogP contribution in [0.25, 0.3) is 0 Å². The Bertz CT molecular complexity index is 656. The first-order chi connectivity index (χ1) is 12.9. The quantitative estimate of drug-likeness (QED) is 0.196. The summed E-state index contributed by atoms with van der Waals surface area (Å²) in [5, 5.41) is 18.7. The fourth-order valence-electron chi connectivity index (χ4n) is 2.62. The predicted molar refractivity (Wildman–Crippen MR) is 96.5 cm³/mol. The molecule has 8 nitrogen and oxygen atoms in total. The van der Waals surface area contributed by atoms with Gasteiger partial charge in [0, 0.05) is 19.6 Å². The summed E-state index contributed by atoms with van der Waals surface area (Å²) in [5.74, 6) is -2.17. The Kier molecular flexibility index (Phi) is 10.7. The molecular weight excluding hydrogens is 373 g/mol. The van der Waals surface area contributed by atoms with Gasteiger partial charge in [0.15, 0.2) is 0 Å². The molecule has 0 aromatic heterocycles. The zero-order valence-corrected chi connectivity index (χ0v) is 18.6. The molecule has 0 spiro atoms. The van der Waals surface area contributed by atoms with E-state index < -0.39 is 30.0 Å². The van der Waals surface area contributed by atoms with Gasteiger partial charge in [-0.2, -0.15) is 0 Å². The fraction of sp³-hybridized carbons (Fsp3) is 0.526. The number of benzene rings is 1. The number of rotatable bonds is 11. The van der Waals surface area contributed by atoms with Crippen LogP contribution in [0, 0.1) is 0 Å². The Balaban J connectivity index is 0.00000392. The van der Waals surface area contributed by atoms with Crippen molar-refractivity contribution < 1.29 is 53.8 Å². The number of hydrogen-bond acceptors (Lipinski definition) is 6. The first-order valence-corrected chi connectivity index (χ1v) is 9.09. The van der Waals surface area contributed by atoms with Crippen LogP contribution in [-0.2, 0) is 25.5 Å². The van der Waals surface area contributed by atoms with Crippen molar-refractivity contribution in [3.63, 3.8) is 0 Å². The van der Waals surface area contributed by atoms with Crippen molar-refractivity contribution in [2.45, 2.75) is 50.9 Å². The van der Waals surface area contributed by atoms with E-state index in [1.165, 1.54) is 0 Å². The number of amides is 2. The van der Waals surface area contributed by atoms with E-state index in [4.69, 9.17) is 4.74 Å². The Hall–Kier alpha value is -1.45. The van der Waals surface area contributed by atoms with E-state index in [9.17, 15) is 19.5 Å². The van der Waals surface area contributed by atoms with Crippen LogP contribution in [-0.4, -0.2) is 55.2 Å². The van der Waals surface area contributed by atoms with Crippen LogP contribution in [0.3, 0.4) is 0 Å². The number of carbonyl (C=O) groups is 3. The van der Waals surface area contributed by atoms with Gasteiger partial charge in [0.05, 0.1) is 18.1 Å². The normalized spacial score (nSPS) is 18.7. The van der Waals surface area contributed by atoms with Crippen LogP contribution in [0.15, 0.2) is 30.3 Å². The number of ether oxygens (including phenoxy) is 1. The first kappa shape index (κ1) is 24.6. The fourth-order valence-corrected chi connectivity index (χ4v) is 2.62. The summed E-state index contributed by atoms with van der Waals surface area (Å²) in [6.07, 6.45) is 1.10. The van der Waals surface area contributed by atoms with Crippen molar-refractivity contribution in [1.82, 2.24) is 16.0 Å². The number of carboxylic acids is 1. The molecule has 1 heterocycles. The van der Waals surface area contributed by atoms with Gasteiger partial charge in [-0.3, -0.25) is 14.9 Å². The minimum Gasteiger partial charge on any atom is -0.548 e. The van der Waals surface area contributed by atoms with Gasteiger partial charge in [0.1, 0.15) is 12.1 Å². The molecule has 0 aliphatic carbocycles. The van der Waals surface area contributed by atoms with Gasteiger partial charge in [-0.05, 0) is 25.8 Å². The minimum absolute atomic E-state index is 0. The molecule has 3 atom stereocenters. The van der Waals surface area contributed by atoms with E-state index >= 15 is 0 Å². The van der Waals surface area contributed by atoms with Crippen molar-refractivity contribution in [1.29, 1.82) is 0 Å². The summed E-state index contributed by atoms with van der Waals surface area (Å²) >= 11 is 0. The van der Waals surface area contributed by atoms with E-state index in [1.807, 2.05) is 44.2 Å². The van der Waals surface area contributed by atoms with Crippen LogP contribution in [0.2, 0.25) is 0 Å². The van der Waals surface area contributed by atoms with Gasteiger partial charge >= 0.3 is 29.6 Å². The zero-order chi connectivity index (χ0) is 19.8. The van der Waals surface area contributed by atoms with Gasteiger partial charge in [-0.15, -0.1) is 0 Å². The monoisotopic (exact) mass is 399 g/mol. The smallest absolute Gasteiger partial charge is 0.548 e. The molecule has 1 aliphatic rings. The van der Waals surface area contributed by atoms with Gasteiger partial charge in [0.2, 0.25) is 11.8 Å². The number of aliphatic carboxylic acids is 1. The summed E-state index contributed by atoms with van der Waals surface area (Å²) in [6.45, 7) is 4.84. The van der Waals surface area contributed by atoms with Gasteiger partial charge in [-0.1, -0.05) is 30.3 Å². The molecule has 1 saturated heterocycles. The summed E-state index contributed by atoms with van der Waals surface area (Å²) in [7, 11) is 0. The van der Waals surface area contributed by atoms with E-state index in [1.54, 1.807) is 0 Å². The van der Waals surface area contributed by atoms with Crippen molar-refractivity contribution in [3.8, 4) is 0 Å². The van der Waals surface area contributed by atoms with E-state index in [0.29, 0.717) is 26.0 Å². The van der Waals surface area contributed by atoms with E-state index in [2.05, 4.69) is 16.0 Å². The van der Waals surface area contributed by atoms with Crippen LogP contribution >= 0.6 is 0 Å². The minimum atomic E-state index is -1.33. The second-order valence-corrected chi connectivity index (χ2v) is 6.76. The number of carboxylic acid groups (broad SMARTS) is 1. The second kappa shape index (κ2) is 12.2. The Morgan fingerprint density at radius 1 is 1.18 bits per heavy atom. The third kappa shape index (κ3) is 8.28. The van der Waals surface area contributed by atoms with Crippen LogP contribution in [0.5, 0.6) is 0 Å². The molecule has 0 saturated carbocycles. The Morgan fingerprint density at radius 3 is 2.43 bits per heavy atom. The van der Waals surface area contributed by atoms with Crippen molar-refractivity contribution in [3.05, 3.63) is 35.9 Å². The molecule has 3 N–H and O–H groups in total. The number of hydrogen-bond donors (Lipinski definition) is 3. The average Bonchev–Trinajstić information content (AvgIpc) is 3.42. The number of carbonyl (C=O) groups excluding carboxylic acids is 3. The largest absolute Gasteiger partial charge is 1.00 e. The maximum Gasteiger partial charge on any atom is 1.00 e. The molecule has 148 valence electrons. The molecule has 1 aliphatic heterocycles. The van der Waals surface area contributed by atoms with Gasteiger partial charge in [0.25, 0.3) is 0 Å². The van der Waals surface area contributed by atoms with Gasteiger partial charge in [-0.25, -0.2) is 0 Å². The maximum atomic E-state index is 12.5. The molecule has 28 heavy (non-hydrogen) atoms. The molecule has 1 aromatic carbocycles. The van der Waals surface area contributed by atoms with Crippen LogP contribution < -0.4 is 50.6 Å². The third-order valence-electron chi connectivity index (χ3n) is 4.11. The molecule has 1 fully saturated rings. The molecule has 1 aromatic rings. The third-order valence-corrected chi connectivity index (χ3v) is 4.11. The van der Waals surface area contributed by atoms with Crippen LogP contribution in [0.4, 0.5) is 0 Å². The van der Waals surface area contributed by atoms with Crippen molar-refractivity contribution >= 4 is 17.8 Å². The van der Waals surface area contributed by atoms with Crippen LogP contribution in [0.1, 0.15) is 25.8 Å². The molecule has 0 unspecified atom stereocenters. The summed E-state index contributed by atoms with van der Waals surface area (Å²) in [6, 6.07) is 6.64. The molecule has 9 heteroatoms. The first-order valence-electron chi connectivity index (χ1n) is 9.09. The summed E-state index contributed by atoms with van der Waals surface area (Å²) in [5.41, 5.74) is 0.890. The maximum absolute atomic E-state index is 12.5. The molecule has 0 radical (unpaired) electrons. The molecular formula is C19H26N3NaO5. The van der Waals surface area contributed by atoms with Gasteiger partial charge < -0.3 is 25.3 Å².